The van der Waals surface area contributed by atoms with E-state index >= 15 is 0 Å². The van der Waals surface area contributed by atoms with E-state index < -0.39 is 0 Å². The molecule has 0 saturated heterocycles. The first-order valence-corrected chi connectivity index (χ1v) is 9.60. The van der Waals surface area contributed by atoms with Crippen LogP contribution in [0.1, 0.15) is 32.3 Å². The highest BCUT2D eigenvalue weighted by molar-refractivity contribution is 5.82. The van der Waals surface area contributed by atoms with Gasteiger partial charge in [-0.05, 0) is 48.7 Å². The first-order chi connectivity index (χ1) is 13.7. The Morgan fingerprint density at radius 1 is 1.07 bits per heavy atom. The van der Waals surface area contributed by atoms with Crippen molar-refractivity contribution in [1.82, 2.24) is 4.90 Å². The van der Waals surface area contributed by atoms with Gasteiger partial charge in [0.15, 0.2) is 18.1 Å². The fraction of sp³-hybridized carbons (Fsp3) is 0.364. The predicted molar refractivity (Wildman–Crippen MR) is 113 cm³/mol. The Morgan fingerprint density at radius 2 is 1.79 bits per heavy atom. The Hall–Kier alpha value is -3.02. The van der Waals surface area contributed by atoms with E-state index in [0.717, 1.165) is 37.2 Å². The topological polar surface area (TPSA) is 63.2 Å². The Kier molecular flexibility index (Phi) is 8.85. The standard InChI is InChI=1S/C22H29N3O3/c1-4-13-25(14-5-2)22(26)17-28-20-12-11-18(15-21(20)27-3)16-23-24-19-9-7-6-8-10-19/h6-12,15-16,24H,4-5,13-14,17H2,1-3H3. The second kappa shape index (κ2) is 11.6. The number of para-hydroxylation sites is 1. The number of hydrazone groups is 1. The summed E-state index contributed by atoms with van der Waals surface area (Å²) in [5.74, 6) is 1.09. The van der Waals surface area contributed by atoms with Gasteiger partial charge in [0.25, 0.3) is 5.91 Å². The average Bonchev–Trinajstić information content (AvgIpc) is 2.73. The van der Waals surface area contributed by atoms with Crippen LogP contribution in [0.4, 0.5) is 5.69 Å². The minimum atomic E-state index is -0.0107. The van der Waals surface area contributed by atoms with E-state index in [2.05, 4.69) is 24.4 Å². The monoisotopic (exact) mass is 383 g/mol. The molecule has 0 aromatic heterocycles. The second-order valence-electron chi connectivity index (χ2n) is 6.32. The summed E-state index contributed by atoms with van der Waals surface area (Å²) in [6.45, 7) is 5.62. The molecule has 0 spiro atoms. The maximum absolute atomic E-state index is 12.4. The Morgan fingerprint density at radius 3 is 2.43 bits per heavy atom. The molecule has 0 aliphatic carbocycles. The van der Waals surface area contributed by atoms with Crippen LogP contribution < -0.4 is 14.9 Å². The molecule has 0 aliphatic heterocycles. The van der Waals surface area contributed by atoms with Gasteiger partial charge in [-0.3, -0.25) is 10.2 Å². The maximum atomic E-state index is 12.4. The lowest BCUT2D eigenvalue weighted by molar-refractivity contribution is -0.133. The number of ether oxygens (including phenoxy) is 2. The van der Waals surface area contributed by atoms with E-state index in [-0.39, 0.29) is 12.5 Å². The highest BCUT2D eigenvalue weighted by Gasteiger charge is 2.14. The van der Waals surface area contributed by atoms with Crippen molar-refractivity contribution in [3.8, 4) is 11.5 Å². The van der Waals surface area contributed by atoms with Crippen LogP contribution >= 0.6 is 0 Å². The summed E-state index contributed by atoms with van der Waals surface area (Å²) in [6, 6.07) is 15.2. The number of carbonyl (C=O) groups is 1. The van der Waals surface area contributed by atoms with Crippen molar-refractivity contribution >= 4 is 17.8 Å². The normalized spacial score (nSPS) is 10.7. The van der Waals surface area contributed by atoms with E-state index in [9.17, 15) is 4.79 Å². The van der Waals surface area contributed by atoms with Crippen molar-refractivity contribution in [2.45, 2.75) is 26.7 Å². The van der Waals surface area contributed by atoms with Gasteiger partial charge >= 0.3 is 0 Å². The largest absolute Gasteiger partial charge is 0.493 e. The van der Waals surface area contributed by atoms with Crippen LogP contribution in [0.25, 0.3) is 0 Å². The molecular formula is C22H29N3O3. The fourth-order valence-corrected chi connectivity index (χ4v) is 2.71. The third-order valence-electron chi connectivity index (χ3n) is 4.06. The molecule has 0 atom stereocenters. The number of rotatable bonds is 11. The summed E-state index contributed by atoms with van der Waals surface area (Å²) in [7, 11) is 1.58. The van der Waals surface area contributed by atoms with Crippen molar-refractivity contribution in [3.63, 3.8) is 0 Å². The number of carbonyl (C=O) groups excluding carboxylic acids is 1. The molecular weight excluding hydrogens is 354 g/mol. The van der Waals surface area contributed by atoms with Gasteiger partial charge in [0.2, 0.25) is 0 Å². The van der Waals surface area contributed by atoms with Crippen molar-refractivity contribution in [1.29, 1.82) is 0 Å². The Balaban J connectivity index is 1.97. The summed E-state index contributed by atoms with van der Waals surface area (Å²) < 4.78 is 11.1. The SMILES string of the molecule is CCCN(CCC)C(=O)COc1ccc(C=NNc2ccccc2)cc1OC. The van der Waals surface area contributed by atoms with Crippen LogP contribution in [0.2, 0.25) is 0 Å². The van der Waals surface area contributed by atoms with E-state index in [0.29, 0.717) is 11.5 Å². The zero-order valence-corrected chi connectivity index (χ0v) is 16.9. The zero-order valence-electron chi connectivity index (χ0n) is 16.9. The highest BCUT2D eigenvalue weighted by Crippen LogP contribution is 2.27. The van der Waals surface area contributed by atoms with Crippen molar-refractivity contribution < 1.29 is 14.3 Å². The number of hydrogen-bond acceptors (Lipinski definition) is 5. The van der Waals surface area contributed by atoms with Gasteiger partial charge in [0, 0.05) is 13.1 Å². The molecule has 0 saturated carbocycles. The van der Waals surface area contributed by atoms with E-state index in [1.54, 1.807) is 19.4 Å². The highest BCUT2D eigenvalue weighted by atomic mass is 16.5. The third-order valence-corrected chi connectivity index (χ3v) is 4.06. The van der Waals surface area contributed by atoms with E-state index in [1.807, 2.05) is 47.4 Å². The van der Waals surface area contributed by atoms with Gasteiger partial charge in [-0.25, -0.2) is 0 Å². The van der Waals surface area contributed by atoms with E-state index in [1.165, 1.54) is 0 Å². The van der Waals surface area contributed by atoms with Crippen LogP contribution in [0.15, 0.2) is 53.6 Å². The minimum absolute atomic E-state index is 0.000636. The van der Waals surface area contributed by atoms with Crippen LogP contribution in [-0.2, 0) is 4.79 Å². The molecule has 0 aliphatic rings. The van der Waals surface area contributed by atoms with Crippen LogP contribution in [0.5, 0.6) is 11.5 Å². The molecule has 150 valence electrons. The molecule has 0 heterocycles. The summed E-state index contributed by atoms with van der Waals surface area (Å²) in [5, 5.41) is 4.22. The minimum Gasteiger partial charge on any atom is -0.493 e. The third kappa shape index (κ3) is 6.61. The smallest absolute Gasteiger partial charge is 0.260 e. The fourth-order valence-electron chi connectivity index (χ4n) is 2.71. The van der Waals surface area contributed by atoms with Gasteiger partial charge in [-0.2, -0.15) is 5.10 Å². The van der Waals surface area contributed by atoms with Gasteiger partial charge in [-0.1, -0.05) is 32.0 Å². The number of nitrogens with zero attached hydrogens (tertiary/aromatic N) is 2. The first-order valence-electron chi connectivity index (χ1n) is 9.60. The van der Waals surface area contributed by atoms with Crippen molar-refractivity contribution in [2.75, 3.05) is 32.2 Å². The molecule has 6 heteroatoms. The lowest BCUT2D eigenvalue weighted by atomic mass is 10.2. The Bertz CT molecular complexity index is 757. The molecule has 0 radical (unpaired) electrons. The number of nitrogens with one attached hydrogen (secondary N) is 1. The first kappa shape index (κ1) is 21.3. The van der Waals surface area contributed by atoms with Gasteiger partial charge < -0.3 is 14.4 Å². The number of benzene rings is 2. The second-order valence-corrected chi connectivity index (χ2v) is 6.32. The van der Waals surface area contributed by atoms with Crippen LogP contribution in [0, 0.1) is 0 Å². The van der Waals surface area contributed by atoms with Gasteiger partial charge in [0.1, 0.15) is 0 Å². The molecule has 6 nitrogen and oxygen atoms in total. The number of anilines is 1. The van der Waals surface area contributed by atoms with E-state index in [4.69, 9.17) is 9.47 Å². The average molecular weight is 383 g/mol. The summed E-state index contributed by atoms with van der Waals surface area (Å²) in [4.78, 5) is 14.2. The zero-order chi connectivity index (χ0) is 20.2. The summed E-state index contributed by atoms with van der Waals surface area (Å²) in [6.07, 6.45) is 3.56. The summed E-state index contributed by atoms with van der Waals surface area (Å²) >= 11 is 0. The molecule has 2 aromatic carbocycles. The maximum Gasteiger partial charge on any atom is 0.260 e. The van der Waals surface area contributed by atoms with Crippen LogP contribution in [0.3, 0.4) is 0 Å². The number of hydrogen-bond donors (Lipinski definition) is 1. The predicted octanol–water partition coefficient (Wildman–Crippen LogP) is 4.17. The lowest BCUT2D eigenvalue weighted by Crippen LogP contribution is -2.36. The van der Waals surface area contributed by atoms with Gasteiger partial charge in [-0.15, -0.1) is 0 Å². The number of methoxy groups -OCH3 is 1. The van der Waals surface area contributed by atoms with Crippen molar-refractivity contribution in [3.05, 3.63) is 54.1 Å². The molecule has 1 N–H and O–H groups in total. The van der Waals surface area contributed by atoms with Crippen molar-refractivity contribution in [2.24, 2.45) is 5.10 Å². The molecule has 28 heavy (non-hydrogen) atoms. The quantitative estimate of drug-likeness (QED) is 0.467. The molecule has 0 bridgehead atoms. The summed E-state index contributed by atoms with van der Waals surface area (Å²) in [5.41, 5.74) is 4.74. The Labute approximate surface area is 167 Å². The molecule has 0 fully saturated rings. The molecule has 1 amide bonds. The lowest BCUT2D eigenvalue weighted by Gasteiger charge is -2.21. The number of amides is 1. The molecule has 2 aromatic rings. The molecule has 2 rings (SSSR count). The van der Waals surface area contributed by atoms with Gasteiger partial charge in [0.05, 0.1) is 19.0 Å². The van der Waals surface area contributed by atoms with Crippen LogP contribution in [-0.4, -0.2) is 43.8 Å². The molecule has 0 unspecified atom stereocenters.